The zero-order chi connectivity index (χ0) is 14.5. The Bertz CT molecular complexity index is 530. The van der Waals surface area contributed by atoms with Crippen LogP contribution >= 0.6 is 0 Å². The Morgan fingerprint density at radius 1 is 1.35 bits per heavy atom. The predicted molar refractivity (Wildman–Crippen MR) is 79.7 cm³/mol. The molecule has 0 unspecified atom stereocenters. The number of hydrogen-bond donors (Lipinski definition) is 1. The first-order chi connectivity index (χ1) is 9.38. The van der Waals surface area contributed by atoms with Crippen LogP contribution < -0.4 is 5.73 Å². The van der Waals surface area contributed by atoms with E-state index in [0.717, 1.165) is 38.2 Å². The first kappa shape index (κ1) is 13.5. The molecule has 0 spiro atoms. The molecule has 0 aromatic carbocycles. The van der Waals surface area contributed by atoms with E-state index in [9.17, 15) is 4.79 Å². The van der Waals surface area contributed by atoms with Gasteiger partial charge in [0.05, 0.1) is 5.69 Å². The molecule has 110 valence electrons. The van der Waals surface area contributed by atoms with Gasteiger partial charge in [-0.25, -0.2) is 0 Å². The summed E-state index contributed by atoms with van der Waals surface area (Å²) in [5.74, 6) is 0.120. The SMILES string of the molecule is CN1CCN(C(=O)c2cc(N)cn2C2CC2)CC1(C)C. The van der Waals surface area contributed by atoms with Crippen molar-refractivity contribution in [3.63, 3.8) is 0 Å². The second-order valence-electron chi connectivity index (χ2n) is 6.76. The number of nitrogens with zero attached hydrogens (tertiary/aromatic N) is 3. The number of nitrogens with two attached hydrogens (primary N) is 1. The van der Waals surface area contributed by atoms with Gasteiger partial charge in [-0.2, -0.15) is 0 Å². The number of hydrogen-bond acceptors (Lipinski definition) is 3. The van der Waals surface area contributed by atoms with E-state index >= 15 is 0 Å². The number of rotatable bonds is 2. The van der Waals surface area contributed by atoms with E-state index in [-0.39, 0.29) is 11.4 Å². The molecule has 1 aliphatic heterocycles. The van der Waals surface area contributed by atoms with Crippen molar-refractivity contribution < 1.29 is 4.79 Å². The minimum Gasteiger partial charge on any atom is -0.397 e. The quantitative estimate of drug-likeness (QED) is 0.892. The Kier molecular flexibility index (Phi) is 3.05. The fourth-order valence-electron chi connectivity index (χ4n) is 2.90. The Morgan fingerprint density at radius 2 is 2.05 bits per heavy atom. The van der Waals surface area contributed by atoms with Gasteiger partial charge >= 0.3 is 0 Å². The summed E-state index contributed by atoms with van der Waals surface area (Å²) in [4.78, 5) is 17.1. The lowest BCUT2D eigenvalue weighted by Crippen LogP contribution is -2.59. The fraction of sp³-hybridized carbons (Fsp3) is 0.667. The fourth-order valence-corrected chi connectivity index (χ4v) is 2.90. The van der Waals surface area contributed by atoms with Crippen LogP contribution in [0.4, 0.5) is 5.69 Å². The smallest absolute Gasteiger partial charge is 0.270 e. The number of carbonyl (C=O) groups excluding carboxylic acids is 1. The summed E-state index contributed by atoms with van der Waals surface area (Å²) in [5, 5.41) is 0. The van der Waals surface area contributed by atoms with Crippen LogP contribution in [-0.2, 0) is 0 Å². The van der Waals surface area contributed by atoms with E-state index in [1.807, 2.05) is 17.2 Å². The van der Waals surface area contributed by atoms with Crippen LogP contribution in [0, 0.1) is 0 Å². The van der Waals surface area contributed by atoms with Gasteiger partial charge < -0.3 is 15.2 Å². The normalized spacial score (nSPS) is 23.1. The van der Waals surface area contributed by atoms with E-state index in [2.05, 4.69) is 30.4 Å². The molecule has 2 heterocycles. The van der Waals surface area contributed by atoms with E-state index < -0.39 is 0 Å². The summed E-state index contributed by atoms with van der Waals surface area (Å²) >= 11 is 0. The van der Waals surface area contributed by atoms with Crippen molar-refractivity contribution in [2.45, 2.75) is 38.3 Å². The molecule has 3 rings (SSSR count). The predicted octanol–water partition coefficient (Wildman–Crippen LogP) is 1.57. The van der Waals surface area contributed by atoms with Crippen LogP contribution in [0.3, 0.4) is 0 Å². The second kappa shape index (κ2) is 4.52. The Labute approximate surface area is 120 Å². The Hall–Kier alpha value is -1.49. The van der Waals surface area contributed by atoms with E-state index in [0.29, 0.717) is 11.7 Å². The lowest BCUT2D eigenvalue weighted by Gasteiger charge is -2.45. The first-order valence-electron chi connectivity index (χ1n) is 7.36. The van der Waals surface area contributed by atoms with Crippen molar-refractivity contribution in [2.75, 3.05) is 32.4 Å². The summed E-state index contributed by atoms with van der Waals surface area (Å²) in [6.45, 7) is 6.83. The van der Waals surface area contributed by atoms with Gasteiger partial charge in [-0.05, 0) is 39.8 Å². The monoisotopic (exact) mass is 276 g/mol. The molecule has 0 radical (unpaired) electrons. The number of nitrogen functional groups attached to an aromatic ring is 1. The van der Waals surface area contributed by atoms with E-state index in [1.54, 1.807) is 0 Å². The topological polar surface area (TPSA) is 54.5 Å². The Balaban J connectivity index is 1.82. The number of aromatic nitrogens is 1. The van der Waals surface area contributed by atoms with Crippen LogP contribution in [-0.4, -0.2) is 52.5 Å². The molecule has 1 aromatic rings. The van der Waals surface area contributed by atoms with Crippen molar-refractivity contribution >= 4 is 11.6 Å². The lowest BCUT2D eigenvalue weighted by atomic mass is 9.99. The van der Waals surface area contributed by atoms with Crippen LogP contribution in [0.5, 0.6) is 0 Å². The highest BCUT2D eigenvalue weighted by Gasteiger charge is 2.35. The summed E-state index contributed by atoms with van der Waals surface area (Å²) < 4.78 is 2.07. The molecule has 0 atom stereocenters. The standard InChI is InChI=1S/C15H24N4O/c1-15(2)10-18(7-6-17(15)3)14(20)13-8-11(16)9-19(13)12-4-5-12/h8-9,12H,4-7,10,16H2,1-3H3. The van der Waals surface area contributed by atoms with Gasteiger partial charge in [0, 0.05) is 37.4 Å². The van der Waals surface area contributed by atoms with Gasteiger partial charge in [-0.1, -0.05) is 0 Å². The van der Waals surface area contributed by atoms with E-state index in [1.165, 1.54) is 0 Å². The zero-order valence-electron chi connectivity index (χ0n) is 12.6. The summed E-state index contributed by atoms with van der Waals surface area (Å²) in [6.07, 6.45) is 4.22. The molecule has 0 bridgehead atoms. The minimum absolute atomic E-state index is 0.0243. The second-order valence-corrected chi connectivity index (χ2v) is 6.76. The molecule has 5 nitrogen and oxygen atoms in total. The molecule has 1 aliphatic carbocycles. The van der Waals surface area contributed by atoms with Crippen LogP contribution in [0.15, 0.2) is 12.3 Å². The van der Waals surface area contributed by atoms with Gasteiger partial charge in [-0.15, -0.1) is 0 Å². The number of amides is 1. The summed E-state index contributed by atoms with van der Waals surface area (Å²) in [6, 6.07) is 2.30. The van der Waals surface area contributed by atoms with Crippen LogP contribution in [0.25, 0.3) is 0 Å². The van der Waals surface area contributed by atoms with Crippen LogP contribution in [0.2, 0.25) is 0 Å². The average molecular weight is 276 g/mol. The van der Waals surface area contributed by atoms with Crippen molar-refractivity contribution in [3.05, 3.63) is 18.0 Å². The average Bonchev–Trinajstić information content (AvgIpc) is 3.15. The number of anilines is 1. The molecule has 1 saturated carbocycles. The van der Waals surface area contributed by atoms with Crippen molar-refractivity contribution in [2.24, 2.45) is 0 Å². The number of piperazine rings is 1. The number of carbonyl (C=O) groups is 1. The minimum atomic E-state index is 0.0243. The van der Waals surface area contributed by atoms with Gasteiger partial charge in [0.2, 0.25) is 0 Å². The summed E-state index contributed by atoms with van der Waals surface area (Å²) in [5.41, 5.74) is 7.36. The van der Waals surface area contributed by atoms with Crippen LogP contribution in [0.1, 0.15) is 43.2 Å². The highest BCUT2D eigenvalue weighted by atomic mass is 16.2. The molecule has 1 amide bonds. The van der Waals surface area contributed by atoms with Gasteiger partial charge in [0.15, 0.2) is 0 Å². The lowest BCUT2D eigenvalue weighted by molar-refractivity contribution is 0.0304. The molecule has 1 aromatic heterocycles. The summed E-state index contributed by atoms with van der Waals surface area (Å²) in [7, 11) is 2.12. The maximum atomic E-state index is 12.8. The van der Waals surface area contributed by atoms with Crippen molar-refractivity contribution in [1.29, 1.82) is 0 Å². The highest BCUT2D eigenvalue weighted by Crippen LogP contribution is 2.37. The largest absolute Gasteiger partial charge is 0.397 e. The van der Waals surface area contributed by atoms with Gasteiger partial charge in [-0.3, -0.25) is 9.69 Å². The third-order valence-corrected chi connectivity index (χ3v) is 4.63. The third-order valence-electron chi connectivity index (χ3n) is 4.63. The van der Waals surface area contributed by atoms with Gasteiger partial charge in [0.1, 0.15) is 5.69 Å². The van der Waals surface area contributed by atoms with Crippen molar-refractivity contribution in [3.8, 4) is 0 Å². The molecule has 2 aliphatic rings. The first-order valence-corrected chi connectivity index (χ1v) is 7.36. The maximum absolute atomic E-state index is 12.8. The molecule has 20 heavy (non-hydrogen) atoms. The Morgan fingerprint density at radius 3 is 2.65 bits per heavy atom. The maximum Gasteiger partial charge on any atom is 0.270 e. The number of likely N-dealkylation sites (N-methyl/N-ethyl adjacent to an activating group) is 1. The highest BCUT2D eigenvalue weighted by molar-refractivity contribution is 5.94. The molecule has 2 N–H and O–H groups in total. The van der Waals surface area contributed by atoms with Gasteiger partial charge in [0.25, 0.3) is 5.91 Å². The molecule has 2 fully saturated rings. The zero-order valence-corrected chi connectivity index (χ0v) is 12.6. The molecule has 5 heteroatoms. The van der Waals surface area contributed by atoms with E-state index in [4.69, 9.17) is 5.73 Å². The molecular formula is C15H24N4O. The molecular weight excluding hydrogens is 252 g/mol. The third kappa shape index (κ3) is 2.30. The molecule has 1 saturated heterocycles. The van der Waals surface area contributed by atoms with Crippen molar-refractivity contribution in [1.82, 2.24) is 14.4 Å².